The third kappa shape index (κ3) is 2.60. The smallest absolute Gasteiger partial charge is 0.320 e. The molecule has 68 valence electrons. The number of nitriles is 1. The topological polar surface area (TPSA) is 68.0 Å². The molecule has 0 atom stereocenters. The van der Waals surface area contributed by atoms with Gasteiger partial charge in [-0.2, -0.15) is 10.2 Å². The average Bonchev–Trinajstić information content (AvgIpc) is 2.14. The van der Waals surface area contributed by atoms with Crippen molar-refractivity contribution in [2.24, 2.45) is 0 Å². The summed E-state index contributed by atoms with van der Waals surface area (Å²) in [6.45, 7) is 1.73. The van der Waals surface area contributed by atoms with Crippen LogP contribution < -0.4 is 9.47 Å². The first-order valence-corrected chi connectivity index (χ1v) is 3.65. The highest BCUT2D eigenvalue weighted by molar-refractivity contribution is 5.17. The number of aromatic nitrogens is 2. The van der Waals surface area contributed by atoms with Gasteiger partial charge >= 0.3 is 6.01 Å². The highest BCUT2D eigenvalue weighted by Crippen LogP contribution is 2.12. The van der Waals surface area contributed by atoms with E-state index in [0.29, 0.717) is 5.88 Å². The number of nitrogens with zero attached hydrogens (tertiary/aromatic N) is 3. The quantitative estimate of drug-likeness (QED) is 0.683. The molecule has 1 rings (SSSR count). The Kier molecular flexibility index (Phi) is 3.03. The maximum absolute atomic E-state index is 8.26. The van der Waals surface area contributed by atoms with Crippen LogP contribution in [0, 0.1) is 18.3 Å². The summed E-state index contributed by atoms with van der Waals surface area (Å²) < 4.78 is 9.82. The van der Waals surface area contributed by atoms with Gasteiger partial charge in [-0.3, -0.25) is 0 Å². The molecule has 1 aromatic rings. The van der Waals surface area contributed by atoms with Crippen LogP contribution in [0.3, 0.4) is 0 Å². The van der Waals surface area contributed by atoms with Gasteiger partial charge in [0.1, 0.15) is 6.07 Å². The lowest BCUT2D eigenvalue weighted by atomic mass is 10.4. The first-order chi connectivity index (χ1) is 6.26. The van der Waals surface area contributed by atoms with Crippen LogP contribution in [0.2, 0.25) is 0 Å². The van der Waals surface area contributed by atoms with Crippen molar-refractivity contribution in [1.29, 1.82) is 5.26 Å². The highest BCUT2D eigenvalue weighted by atomic mass is 16.5. The number of ether oxygens (including phenoxy) is 2. The van der Waals surface area contributed by atoms with Gasteiger partial charge in [-0.05, 0) is 6.92 Å². The van der Waals surface area contributed by atoms with Gasteiger partial charge in [0.15, 0.2) is 6.61 Å². The molecule has 0 bridgehead atoms. The van der Waals surface area contributed by atoms with E-state index < -0.39 is 0 Å². The Balaban J connectivity index is 2.83. The predicted octanol–water partition coefficient (Wildman–Crippen LogP) is 0.696. The van der Waals surface area contributed by atoms with Gasteiger partial charge in [-0.15, -0.1) is 0 Å². The molecule has 1 aromatic heterocycles. The van der Waals surface area contributed by atoms with Crippen molar-refractivity contribution in [2.45, 2.75) is 6.92 Å². The molecule has 0 N–H and O–H groups in total. The molecular formula is C8H9N3O2. The van der Waals surface area contributed by atoms with Gasteiger partial charge in [0.05, 0.1) is 7.11 Å². The Morgan fingerprint density at radius 3 is 2.92 bits per heavy atom. The van der Waals surface area contributed by atoms with Crippen molar-refractivity contribution in [2.75, 3.05) is 13.7 Å². The summed E-state index contributed by atoms with van der Waals surface area (Å²) in [6, 6.07) is 3.68. The Labute approximate surface area is 76.0 Å². The lowest BCUT2D eigenvalue weighted by Gasteiger charge is -2.03. The van der Waals surface area contributed by atoms with Crippen LogP contribution in [-0.2, 0) is 0 Å². The fourth-order valence-corrected chi connectivity index (χ4v) is 0.779. The second-order valence-electron chi connectivity index (χ2n) is 2.28. The molecule has 0 aliphatic rings. The van der Waals surface area contributed by atoms with Crippen LogP contribution in [0.15, 0.2) is 6.07 Å². The van der Waals surface area contributed by atoms with E-state index in [-0.39, 0.29) is 12.6 Å². The fraction of sp³-hybridized carbons (Fsp3) is 0.375. The van der Waals surface area contributed by atoms with Gasteiger partial charge in [-0.25, -0.2) is 4.98 Å². The third-order valence-corrected chi connectivity index (χ3v) is 1.29. The molecule has 5 heteroatoms. The zero-order chi connectivity index (χ0) is 9.68. The standard InChI is InChI=1S/C8H9N3O2/c1-6-5-7(12-2)11-8(10-6)13-4-3-9/h5H,4H2,1-2H3. The van der Waals surface area contributed by atoms with Gasteiger partial charge in [0.2, 0.25) is 5.88 Å². The van der Waals surface area contributed by atoms with Crippen molar-refractivity contribution in [3.8, 4) is 18.0 Å². The summed E-state index contributed by atoms with van der Waals surface area (Å²) in [5.74, 6) is 0.431. The third-order valence-electron chi connectivity index (χ3n) is 1.29. The van der Waals surface area contributed by atoms with Crippen molar-refractivity contribution in [1.82, 2.24) is 9.97 Å². The molecule has 0 aliphatic carbocycles. The summed E-state index contributed by atoms with van der Waals surface area (Å²) in [6.07, 6.45) is 0. The fourth-order valence-electron chi connectivity index (χ4n) is 0.779. The average molecular weight is 179 g/mol. The second kappa shape index (κ2) is 4.26. The minimum absolute atomic E-state index is 0.0629. The van der Waals surface area contributed by atoms with E-state index in [4.69, 9.17) is 14.7 Å². The zero-order valence-electron chi connectivity index (χ0n) is 7.44. The zero-order valence-corrected chi connectivity index (χ0v) is 7.44. The van der Waals surface area contributed by atoms with E-state index in [1.54, 1.807) is 13.0 Å². The van der Waals surface area contributed by atoms with Gasteiger partial charge in [0.25, 0.3) is 0 Å². The largest absolute Gasteiger partial charge is 0.481 e. The molecule has 1 heterocycles. The molecule has 0 unspecified atom stereocenters. The molecule has 0 saturated carbocycles. The summed E-state index contributed by atoms with van der Waals surface area (Å²) in [5.41, 5.74) is 0.736. The number of hydrogen-bond acceptors (Lipinski definition) is 5. The van der Waals surface area contributed by atoms with Crippen LogP contribution in [0.1, 0.15) is 5.69 Å². The van der Waals surface area contributed by atoms with E-state index in [0.717, 1.165) is 5.69 Å². The van der Waals surface area contributed by atoms with Crippen molar-refractivity contribution in [3.63, 3.8) is 0 Å². The number of methoxy groups -OCH3 is 1. The normalized spacial score (nSPS) is 9.00. The van der Waals surface area contributed by atoms with Gasteiger partial charge in [0, 0.05) is 11.8 Å². The monoisotopic (exact) mass is 179 g/mol. The molecule has 0 aromatic carbocycles. The maximum Gasteiger partial charge on any atom is 0.320 e. The summed E-state index contributed by atoms with van der Waals surface area (Å²) >= 11 is 0. The molecule has 0 fully saturated rings. The van der Waals surface area contributed by atoms with Crippen molar-refractivity contribution < 1.29 is 9.47 Å². The van der Waals surface area contributed by atoms with Crippen LogP contribution in [0.4, 0.5) is 0 Å². The molecule has 0 saturated heterocycles. The molecule has 0 spiro atoms. The Bertz CT molecular complexity index is 333. The molecule has 0 radical (unpaired) electrons. The van der Waals surface area contributed by atoms with Crippen LogP contribution in [-0.4, -0.2) is 23.7 Å². The van der Waals surface area contributed by atoms with E-state index in [9.17, 15) is 0 Å². The van der Waals surface area contributed by atoms with Gasteiger partial charge in [-0.1, -0.05) is 0 Å². The minimum Gasteiger partial charge on any atom is -0.481 e. The highest BCUT2D eigenvalue weighted by Gasteiger charge is 2.02. The van der Waals surface area contributed by atoms with E-state index in [1.165, 1.54) is 7.11 Å². The molecule has 0 amide bonds. The summed E-state index contributed by atoms with van der Waals surface area (Å²) in [4.78, 5) is 7.84. The predicted molar refractivity (Wildman–Crippen MR) is 44.4 cm³/mol. The summed E-state index contributed by atoms with van der Waals surface area (Å²) in [5, 5.41) is 8.26. The lowest BCUT2D eigenvalue weighted by Crippen LogP contribution is -2.01. The van der Waals surface area contributed by atoms with Crippen molar-refractivity contribution in [3.05, 3.63) is 11.8 Å². The van der Waals surface area contributed by atoms with E-state index in [1.807, 2.05) is 6.07 Å². The Morgan fingerprint density at radius 2 is 2.31 bits per heavy atom. The lowest BCUT2D eigenvalue weighted by molar-refractivity contribution is 0.322. The molecule has 0 aliphatic heterocycles. The molecule has 13 heavy (non-hydrogen) atoms. The Hall–Kier alpha value is -1.83. The van der Waals surface area contributed by atoms with E-state index in [2.05, 4.69) is 9.97 Å². The van der Waals surface area contributed by atoms with Crippen LogP contribution in [0.25, 0.3) is 0 Å². The summed E-state index contributed by atoms with van der Waals surface area (Å²) in [7, 11) is 1.51. The van der Waals surface area contributed by atoms with Crippen LogP contribution in [0.5, 0.6) is 11.9 Å². The number of rotatable bonds is 3. The van der Waals surface area contributed by atoms with Crippen molar-refractivity contribution >= 4 is 0 Å². The van der Waals surface area contributed by atoms with E-state index >= 15 is 0 Å². The first-order valence-electron chi connectivity index (χ1n) is 3.65. The second-order valence-corrected chi connectivity index (χ2v) is 2.28. The minimum atomic E-state index is -0.0629. The maximum atomic E-state index is 8.26. The first kappa shape index (κ1) is 9.26. The number of hydrogen-bond donors (Lipinski definition) is 0. The SMILES string of the molecule is COc1cc(C)nc(OCC#N)n1. The molecule has 5 nitrogen and oxygen atoms in total. The van der Waals surface area contributed by atoms with Crippen LogP contribution >= 0.6 is 0 Å². The number of aryl methyl sites for hydroxylation is 1. The Morgan fingerprint density at radius 1 is 1.54 bits per heavy atom. The van der Waals surface area contributed by atoms with Gasteiger partial charge < -0.3 is 9.47 Å². The molecular weight excluding hydrogens is 170 g/mol.